The standard InChI is InChI=1S/C18H27F3N4O2/c1-23-16(18(19,20)21)22-25(17(23)27)14-9-11-24(12-10-14)15(26)8-7-13-5-3-2-4-6-13/h13-14H,2-12H2,1H3. The third kappa shape index (κ3) is 4.55. The molecule has 0 N–H and O–H groups in total. The Hall–Kier alpha value is -1.80. The van der Waals surface area contributed by atoms with Gasteiger partial charge in [-0.25, -0.2) is 9.48 Å². The van der Waals surface area contributed by atoms with Crippen molar-refractivity contribution in [2.75, 3.05) is 13.1 Å². The molecular formula is C18H27F3N4O2. The Kier molecular flexibility index (Phi) is 5.95. The third-order valence-electron chi connectivity index (χ3n) is 5.91. The van der Waals surface area contributed by atoms with Crippen molar-refractivity contribution in [1.82, 2.24) is 19.2 Å². The zero-order chi connectivity index (χ0) is 19.6. The van der Waals surface area contributed by atoms with Crippen molar-refractivity contribution in [3.63, 3.8) is 0 Å². The molecule has 0 spiro atoms. The highest BCUT2D eigenvalue weighted by atomic mass is 19.4. The molecule has 0 unspecified atom stereocenters. The highest BCUT2D eigenvalue weighted by Crippen LogP contribution is 2.29. The van der Waals surface area contributed by atoms with Gasteiger partial charge < -0.3 is 4.90 Å². The predicted octanol–water partition coefficient (Wildman–Crippen LogP) is 3.12. The Balaban J connectivity index is 1.54. The van der Waals surface area contributed by atoms with E-state index >= 15 is 0 Å². The Morgan fingerprint density at radius 3 is 2.30 bits per heavy atom. The summed E-state index contributed by atoms with van der Waals surface area (Å²) in [6.07, 6.45) is 3.91. The lowest BCUT2D eigenvalue weighted by molar-refractivity contribution is -0.147. The van der Waals surface area contributed by atoms with Gasteiger partial charge in [0.15, 0.2) is 0 Å². The summed E-state index contributed by atoms with van der Waals surface area (Å²) in [5.74, 6) is -0.421. The van der Waals surface area contributed by atoms with Crippen molar-refractivity contribution < 1.29 is 18.0 Å². The number of nitrogens with zero attached hydrogens (tertiary/aromatic N) is 4. The molecule has 0 radical (unpaired) electrons. The van der Waals surface area contributed by atoms with Gasteiger partial charge in [-0.05, 0) is 25.2 Å². The summed E-state index contributed by atoms with van der Waals surface area (Å²) >= 11 is 0. The van der Waals surface area contributed by atoms with E-state index in [0.717, 1.165) is 18.2 Å². The molecule has 6 nitrogen and oxygen atoms in total. The van der Waals surface area contributed by atoms with Gasteiger partial charge in [0, 0.05) is 26.6 Å². The van der Waals surface area contributed by atoms with Crippen molar-refractivity contribution in [1.29, 1.82) is 0 Å². The first-order valence-corrected chi connectivity index (χ1v) is 9.78. The minimum Gasteiger partial charge on any atom is -0.343 e. The number of alkyl halides is 3. The van der Waals surface area contributed by atoms with Crippen LogP contribution in [-0.4, -0.2) is 38.2 Å². The summed E-state index contributed by atoms with van der Waals surface area (Å²) in [6, 6.07) is -0.401. The molecule has 3 rings (SSSR count). The Bertz CT molecular complexity index is 711. The van der Waals surface area contributed by atoms with Crippen molar-refractivity contribution in [2.45, 2.75) is 70.0 Å². The summed E-state index contributed by atoms with van der Waals surface area (Å²) < 4.78 is 40.3. The largest absolute Gasteiger partial charge is 0.451 e. The molecule has 152 valence electrons. The summed E-state index contributed by atoms with van der Waals surface area (Å²) in [6.45, 7) is 0.914. The van der Waals surface area contributed by atoms with Crippen LogP contribution in [0.5, 0.6) is 0 Å². The second-order valence-electron chi connectivity index (χ2n) is 7.76. The van der Waals surface area contributed by atoms with Crippen molar-refractivity contribution >= 4 is 5.91 Å². The summed E-state index contributed by atoms with van der Waals surface area (Å²) in [4.78, 5) is 26.3. The van der Waals surface area contributed by atoms with Crippen molar-refractivity contribution in [3.05, 3.63) is 16.3 Å². The molecule has 1 saturated carbocycles. The van der Waals surface area contributed by atoms with E-state index in [9.17, 15) is 22.8 Å². The second kappa shape index (κ2) is 8.06. The topological polar surface area (TPSA) is 60.1 Å². The minimum atomic E-state index is -4.66. The SMILES string of the molecule is Cn1c(C(F)(F)F)nn(C2CCN(C(=O)CCC3CCCCC3)CC2)c1=O. The van der Waals surface area contributed by atoms with E-state index in [1.165, 1.54) is 32.1 Å². The maximum absolute atomic E-state index is 12.9. The number of carbonyl (C=O) groups excluding carboxylic acids is 1. The third-order valence-corrected chi connectivity index (χ3v) is 5.91. The molecule has 2 aliphatic rings. The second-order valence-corrected chi connectivity index (χ2v) is 7.76. The number of hydrogen-bond donors (Lipinski definition) is 0. The average Bonchev–Trinajstić information content (AvgIpc) is 2.96. The smallest absolute Gasteiger partial charge is 0.343 e. The van der Waals surface area contributed by atoms with E-state index in [2.05, 4.69) is 5.10 Å². The van der Waals surface area contributed by atoms with Gasteiger partial charge in [-0.15, -0.1) is 5.10 Å². The highest BCUT2D eigenvalue weighted by molar-refractivity contribution is 5.76. The van der Waals surface area contributed by atoms with Crippen molar-refractivity contribution in [2.24, 2.45) is 13.0 Å². The van der Waals surface area contributed by atoms with Crippen LogP contribution in [0.1, 0.15) is 69.7 Å². The Morgan fingerprint density at radius 2 is 1.74 bits per heavy atom. The first kappa shape index (κ1) is 19.9. The number of aromatic nitrogens is 3. The van der Waals surface area contributed by atoms with Crippen LogP contribution in [0.3, 0.4) is 0 Å². The minimum absolute atomic E-state index is 0.114. The molecule has 2 fully saturated rings. The fourth-order valence-electron chi connectivity index (χ4n) is 4.26. The van der Waals surface area contributed by atoms with Crippen LogP contribution in [0.15, 0.2) is 4.79 Å². The molecule has 9 heteroatoms. The van der Waals surface area contributed by atoms with Crippen LogP contribution in [0.4, 0.5) is 13.2 Å². The molecule has 1 aromatic heterocycles. The number of piperidine rings is 1. The zero-order valence-corrected chi connectivity index (χ0v) is 15.7. The van der Waals surface area contributed by atoms with Gasteiger partial charge >= 0.3 is 11.9 Å². The lowest BCUT2D eigenvalue weighted by Gasteiger charge is -2.32. The molecule has 1 aromatic rings. The first-order chi connectivity index (χ1) is 12.8. The van der Waals surface area contributed by atoms with Gasteiger partial charge in [0.1, 0.15) is 0 Å². The summed E-state index contributed by atoms with van der Waals surface area (Å²) in [5.41, 5.74) is -0.760. The van der Waals surface area contributed by atoms with Crippen LogP contribution in [0, 0.1) is 5.92 Å². The van der Waals surface area contributed by atoms with E-state index in [0.29, 0.717) is 42.8 Å². The molecule has 0 atom stereocenters. The molecule has 1 aliphatic carbocycles. The quantitative estimate of drug-likeness (QED) is 0.796. The molecule has 1 aliphatic heterocycles. The van der Waals surface area contributed by atoms with Gasteiger partial charge in [-0.2, -0.15) is 13.2 Å². The fourth-order valence-corrected chi connectivity index (χ4v) is 4.26. The maximum Gasteiger partial charge on any atom is 0.451 e. The van der Waals surface area contributed by atoms with Gasteiger partial charge in [-0.1, -0.05) is 32.1 Å². The fraction of sp³-hybridized carbons (Fsp3) is 0.833. The van der Waals surface area contributed by atoms with Crippen molar-refractivity contribution in [3.8, 4) is 0 Å². The molecule has 27 heavy (non-hydrogen) atoms. The van der Waals surface area contributed by atoms with Gasteiger partial charge in [0.25, 0.3) is 0 Å². The predicted molar refractivity (Wildman–Crippen MR) is 93.1 cm³/mol. The van der Waals surface area contributed by atoms with Gasteiger partial charge in [0.05, 0.1) is 6.04 Å². The van der Waals surface area contributed by atoms with Crippen LogP contribution in [-0.2, 0) is 18.0 Å². The number of carbonyl (C=O) groups is 1. The lowest BCUT2D eigenvalue weighted by atomic mass is 9.86. The number of hydrogen-bond acceptors (Lipinski definition) is 3. The van der Waals surface area contributed by atoms with E-state index in [1.807, 2.05) is 0 Å². The average molecular weight is 388 g/mol. The monoisotopic (exact) mass is 388 g/mol. The van der Waals surface area contributed by atoms with Crippen LogP contribution < -0.4 is 5.69 Å². The molecule has 2 heterocycles. The summed E-state index contributed by atoms with van der Waals surface area (Å²) in [7, 11) is 1.08. The molecule has 1 saturated heterocycles. The zero-order valence-electron chi connectivity index (χ0n) is 15.7. The van der Waals surface area contributed by atoms with E-state index in [1.54, 1.807) is 4.90 Å². The van der Waals surface area contributed by atoms with E-state index in [-0.39, 0.29) is 5.91 Å². The number of halogens is 3. The summed E-state index contributed by atoms with van der Waals surface area (Å²) in [5, 5.41) is 3.51. The number of amides is 1. The van der Waals surface area contributed by atoms with Crippen LogP contribution >= 0.6 is 0 Å². The first-order valence-electron chi connectivity index (χ1n) is 9.78. The Morgan fingerprint density at radius 1 is 1.11 bits per heavy atom. The van der Waals surface area contributed by atoms with Gasteiger partial charge in [-0.3, -0.25) is 9.36 Å². The van der Waals surface area contributed by atoms with Gasteiger partial charge in [0.2, 0.25) is 11.7 Å². The number of rotatable bonds is 4. The maximum atomic E-state index is 12.9. The lowest BCUT2D eigenvalue weighted by Crippen LogP contribution is -2.41. The highest BCUT2D eigenvalue weighted by Gasteiger charge is 2.39. The van der Waals surface area contributed by atoms with Crippen LogP contribution in [0.25, 0.3) is 0 Å². The van der Waals surface area contributed by atoms with E-state index in [4.69, 9.17) is 0 Å². The molecular weight excluding hydrogens is 361 g/mol. The molecule has 1 amide bonds. The number of likely N-dealkylation sites (tertiary alicyclic amines) is 1. The Labute approximate surface area is 156 Å². The van der Waals surface area contributed by atoms with Crippen LogP contribution in [0.2, 0.25) is 0 Å². The molecule has 0 bridgehead atoms. The van der Waals surface area contributed by atoms with E-state index < -0.39 is 23.7 Å². The molecule has 0 aromatic carbocycles. The normalized spacial score (nSPS) is 20.2.